The lowest BCUT2D eigenvalue weighted by molar-refractivity contribution is 0.102. The summed E-state index contributed by atoms with van der Waals surface area (Å²) in [5.74, 6) is 0.392. The number of aromatic amines is 1. The van der Waals surface area contributed by atoms with Gasteiger partial charge in [0, 0.05) is 11.8 Å². The number of hydrogen-bond acceptors (Lipinski definition) is 3. The highest BCUT2D eigenvalue weighted by Crippen LogP contribution is 2.23. The molecule has 0 unspecified atom stereocenters. The van der Waals surface area contributed by atoms with Gasteiger partial charge in [0.2, 0.25) is 0 Å². The first-order chi connectivity index (χ1) is 10.4. The Morgan fingerprint density at radius 3 is 2.55 bits per heavy atom. The van der Waals surface area contributed by atoms with E-state index in [2.05, 4.69) is 41.3 Å². The van der Waals surface area contributed by atoms with Crippen LogP contribution in [0.5, 0.6) is 0 Å². The van der Waals surface area contributed by atoms with Crippen molar-refractivity contribution in [3.63, 3.8) is 0 Å². The molecule has 2 aromatic heterocycles. The van der Waals surface area contributed by atoms with Crippen molar-refractivity contribution in [3.05, 3.63) is 53.7 Å². The summed E-state index contributed by atoms with van der Waals surface area (Å²) in [6.45, 7) is 6.43. The van der Waals surface area contributed by atoms with Crippen LogP contribution in [0, 0.1) is 0 Å². The minimum Gasteiger partial charge on any atom is -0.306 e. The smallest absolute Gasteiger partial charge is 0.256 e. The molecule has 0 atom stereocenters. The standard InChI is InChI=1S/C17H18N4O/c1-17(2,3)12-8-6-11(7-9-12)16(22)19-15-13-5-4-10-18-14(13)20-21-15/h4-10H,1-3H3,(H2,18,19,20,21,22). The first kappa shape index (κ1) is 14.3. The molecule has 0 saturated heterocycles. The van der Waals surface area contributed by atoms with E-state index in [0.29, 0.717) is 17.0 Å². The minimum atomic E-state index is -0.171. The number of nitrogens with zero attached hydrogens (tertiary/aromatic N) is 2. The van der Waals surface area contributed by atoms with Crippen LogP contribution in [0.25, 0.3) is 11.0 Å². The number of rotatable bonds is 2. The number of hydrogen-bond donors (Lipinski definition) is 2. The molecule has 0 aliphatic heterocycles. The second-order valence-electron chi connectivity index (χ2n) is 6.25. The maximum atomic E-state index is 12.3. The van der Waals surface area contributed by atoms with E-state index in [9.17, 15) is 4.79 Å². The van der Waals surface area contributed by atoms with Gasteiger partial charge in [-0.15, -0.1) is 0 Å². The van der Waals surface area contributed by atoms with E-state index in [0.717, 1.165) is 5.39 Å². The molecule has 0 aliphatic carbocycles. The van der Waals surface area contributed by atoms with Crippen molar-refractivity contribution in [2.45, 2.75) is 26.2 Å². The summed E-state index contributed by atoms with van der Waals surface area (Å²) >= 11 is 0. The van der Waals surface area contributed by atoms with Crippen LogP contribution in [0.15, 0.2) is 42.6 Å². The van der Waals surface area contributed by atoms with Gasteiger partial charge in [-0.3, -0.25) is 9.89 Å². The molecule has 0 radical (unpaired) electrons. The molecule has 2 N–H and O–H groups in total. The molecule has 22 heavy (non-hydrogen) atoms. The van der Waals surface area contributed by atoms with Crippen molar-refractivity contribution in [2.24, 2.45) is 0 Å². The molecule has 3 aromatic rings. The number of anilines is 1. The van der Waals surface area contributed by atoms with Crippen molar-refractivity contribution < 1.29 is 4.79 Å². The summed E-state index contributed by atoms with van der Waals surface area (Å²) in [6, 6.07) is 11.3. The largest absolute Gasteiger partial charge is 0.306 e. The number of H-pyrrole nitrogens is 1. The first-order valence-corrected chi connectivity index (χ1v) is 7.16. The summed E-state index contributed by atoms with van der Waals surface area (Å²) < 4.78 is 0. The zero-order valence-electron chi connectivity index (χ0n) is 12.8. The normalized spacial score (nSPS) is 11.6. The fraction of sp³-hybridized carbons (Fsp3) is 0.235. The molecule has 112 valence electrons. The van der Waals surface area contributed by atoms with Gasteiger partial charge in [-0.05, 0) is 35.2 Å². The average molecular weight is 294 g/mol. The van der Waals surface area contributed by atoms with Crippen molar-refractivity contribution >= 4 is 22.8 Å². The highest BCUT2D eigenvalue weighted by atomic mass is 16.1. The van der Waals surface area contributed by atoms with Gasteiger partial charge in [0.25, 0.3) is 5.91 Å². The van der Waals surface area contributed by atoms with Crippen LogP contribution in [-0.4, -0.2) is 21.1 Å². The third-order valence-corrected chi connectivity index (χ3v) is 3.58. The Hall–Kier alpha value is -2.69. The van der Waals surface area contributed by atoms with Crippen molar-refractivity contribution in [1.29, 1.82) is 0 Å². The van der Waals surface area contributed by atoms with E-state index in [4.69, 9.17) is 0 Å². The van der Waals surface area contributed by atoms with Crippen molar-refractivity contribution in [3.8, 4) is 0 Å². The molecular weight excluding hydrogens is 276 g/mol. The molecule has 5 heteroatoms. The number of amides is 1. The zero-order chi connectivity index (χ0) is 15.7. The van der Waals surface area contributed by atoms with Gasteiger partial charge in [0.15, 0.2) is 5.65 Å². The monoisotopic (exact) mass is 294 g/mol. The van der Waals surface area contributed by atoms with Crippen LogP contribution in [0.4, 0.5) is 5.82 Å². The van der Waals surface area contributed by atoms with Crippen molar-refractivity contribution in [2.75, 3.05) is 5.32 Å². The maximum absolute atomic E-state index is 12.3. The lowest BCUT2D eigenvalue weighted by Crippen LogP contribution is -2.14. The summed E-state index contributed by atoms with van der Waals surface area (Å²) in [4.78, 5) is 16.5. The number of aromatic nitrogens is 3. The third kappa shape index (κ3) is 2.70. The van der Waals surface area contributed by atoms with Gasteiger partial charge in [0.1, 0.15) is 5.82 Å². The number of fused-ring (bicyclic) bond motifs is 1. The highest BCUT2D eigenvalue weighted by molar-refractivity contribution is 6.07. The van der Waals surface area contributed by atoms with Crippen LogP contribution in [-0.2, 0) is 5.41 Å². The second kappa shape index (κ2) is 5.26. The molecule has 0 saturated carbocycles. The van der Waals surface area contributed by atoms with Gasteiger partial charge >= 0.3 is 0 Å². The number of nitrogens with one attached hydrogen (secondary N) is 2. The number of carbonyl (C=O) groups excluding carboxylic acids is 1. The Kier molecular flexibility index (Phi) is 3.41. The second-order valence-corrected chi connectivity index (χ2v) is 6.25. The fourth-order valence-corrected chi connectivity index (χ4v) is 2.25. The summed E-state index contributed by atoms with van der Waals surface area (Å²) in [5.41, 5.74) is 2.46. The molecule has 1 aromatic carbocycles. The molecule has 3 rings (SSSR count). The Morgan fingerprint density at radius 1 is 1.14 bits per heavy atom. The third-order valence-electron chi connectivity index (χ3n) is 3.58. The lowest BCUT2D eigenvalue weighted by atomic mass is 9.87. The Labute approximate surface area is 128 Å². The highest BCUT2D eigenvalue weighted by Gasteiger charge is 2.15. The predicted octanol–water partition coefficient (Wildman–Crippen LogP) is 3.51. The van der Waals surface area contributed by atoms with E-state index in [1.165, 1.54) is 5.56 Å². The number of pyridine rings is 1. The molecule has 0 aliphatic rings. The van der Waals surface area contributed by atoms with E-state index < -0.39 is 0 Å². The molecule has 0 fully saturated rings. The molecule has 2 heterocycles. The van der Waals surface area contributed by atoms with E-state index >= 15 is 0 Å². The van der Waals surface area contributed by atoms with Gasteiger partial charge in [-0.2, -0.15) is 5.10 Å². The average Bonchev–Trinajstić information content (AvgIpc) is 2.90. The Morgan fingerprint density at radius 2 is 1.86 bits per heavy atom. The zero-order valence-corrected chi connectivity index (χ0v) is 12.8. The molecule has 0 spiro atoms. The quantitative estimate of drug-likeness (QED) is 0.760. The molecular formula is C17H18N4O. The van der Waals surface area contributed by atoms with Crippen LogP contribution in [0.2, 0.25) is 0 Å². The molecule has 0 bridgehead atoms. The summed E-state index contributed by atoms with van der Waals surface area (Å²) in [7, 11) is 0. The van der Waals surface area contributed by atoms with Crippen LogP contribution >= 0.6 is 0 Å². The SMILES string of the molecule is CC(C)(C)c1ccc(C(=O)Nc2[nH]nc3ncccc23)cc1. The van der Waals surface area contributed by atoms with Crippen LogP contribution in [0.3, 0.4) is 0 Å². The van der Waals surface area contributed by atoms with Gasteiger partial charge in [-0.1, -0.05) is 32.9 Å². The fourth-order valence-electron chi connectivity index (χ4n) is 2.25. The Bertz CT molecular complexity index is 813. The predicted molar refractivity (Wildman–Crippen MR) is 87.0 cm³/mol. The first-order valence-electron chi connectivity index (χ1n) is 7.16. The topological polar surface area (TPSA) is 70.7 Å². The van der Waals surface area contributed by atoms with Crippen molar-refractivity contribution in [1.82, 2.24) is 15.2 Å². The van der Waals surface area contributed by atoms with Gasteiger partial charge in [0.05, 0.1) is 5.39 Å². The summed E-state index contributed by atoms with van der Waals surface area (Å²) in [6.07, 6.45) is 1.67. The number of benzene rings is 1. The van der Waals surface area contributed by atoms with Crippen LogP contribution in [0.1, 0.15) is 36.7 Å². The van der Waals surface area contributed by atoms with Gasteiger partial charge in [-0.25, -0.2) is 4.98 Å². The molecule has 1 amide bonds. The van der Waals surface area contributed by atoms with E-state index in [-0.39, 0.29) is 11.3 Å². The minimum absolute atomic E-state index is 0.0697. The molecule has 5 nitrogen and oxygen atoms in total. The lowest BCUT2D eigenvalue weighted by Gasteiger charge is -2.19. The Balaban J connectivity index is 1.83. The van der Waals surface area contributed by atoms with E-state index in [1.807, 2.05) is 36.4 Å². The number of carbonyl (C=O) groups is 1. The maximum Gasteiger partial charge on any atom is 0.256 e. The van der Waals surface area contributed by atoms with E-state index in [1.54, 1.807) is 6.20 Å². The van der Waals surface area contributed by atoms with Crippen LogP contribution < -0.4 is 5.32 Å². The summed E-state index contributed by atoms with van der Waals surface area (Å²) in [5, 5.41) is 10.5. The van der Waals surface area contributed by atoms with Gasteiger partial charge < -0.3 is 5.32 Å².